The SMILES string of the molecule is CCC(C(=O)O)N1CCC(CCC(C)C)CC1. The van der Waals surface area contributed by atoms with Gasteiger partial charge in [-0.3, -0.25) is 9.69 Å². The van der Waals surface area contributed by atoms with Gasteiger partial charge in [0, 0.05) is 0 Å². The molecule has 0 radical (unpaired) electrons. The van der Waals surface area contributed by atoms with Crippen molar-refractivity contribution in [1.82, 2.24) is 4.90 Å². The smallest absolute Gasteiger partial charge is 0.320 e. The summed E-state index contributed by atoms with van der Waals surface area (Å²) < 4.78 is 0. The number of carbonyl (C=O) groups is 1. The topological polar surface area (TPSA) is 40.5 Å². The molecule has 1 atom stereocenters. The Morgan fingerprint density at radius 2 is 1.94 bits per heavy atom. The standard InChI is InChI=1S/C14H27NO2/c1-4-13(14(16)17)15-9-7-12(8-10-15)6-5-11(2)3/h11-13H,4-10H2,1-3H3,(H,16,17). The number of carboxylic acid groups (broad SMARTS) is 1. The van der Waals surface area contributed by atoms with Crippen molar-refractivity contribution in [2.24, 2.45) is 11.8 Å². The van der Waals surface area contributed by atoms with Crippen molar-refractivity contribution < 1.29 is 9.90 Å². The highest BCUT2D eigenvalue weighted by molar-refractivity contribution is 5.73. The van der Waals surface area contributed by atoms with E-state index in [4.69, 9.17) is 5.11 Å². The molecular formula is C14H27NO2. The Kier molecular flexibility index (Phi) is 5.96. The van der Waals surface area contributed by atoms with Crippen LogP contribution in [0.1, 0.15) is 52.9 Å². The second-order valence-electron chi connectivity index (χ2n) is 5.71. The molecule has 0 spiro atoms. The average Bonchev–Trinajstić information content (AvgIpc) is 2.28. The zero-order chi connectivity index (χ0) is 12.8. The largest absolute Gasteiger partial charge is 0.480 e. The minimum Gasteiger partial charge on any atom is -0.480 e. The number of hydrogen-bond acceptors (Lipinski definition) is 2. The molecule has 0 aliphatic carbocycles. The van der Waals surface area contributed by atoms with Gasteiger partial charge >= 0.3 is 5.97 Å². The van der Waals surface area contributed by atoms with Crippen molar-refractivity contribution in [2.75, 3.05) is 13.1 Å². The highest BCUT2D eigenvalue weighted by Crippen LogP contribution is 2.25. The van der Waals surface area contributed by atoms with E-state index in [0.717, 1.165) is 24.9 Å². The van der Waals surface area contributed by atoms with Gasteiger partial charge < -0.3 is 5.11 Å². The fourth-order valence-electron chi connectivity index (χ4n) is 2.71. The van der Waals surface area contributed by atoms with Gasteiger partial charge in [0.2, 0.25) is 0 Å². The van der Waals surface area contributed by atoms with Crippen LogP contribution in [0.3, 0.4) is 0 Å². The minimum atomic E-state index is -0.659. The van der Waals surface area contributed by atoms with E-state index in [9.17, 15) is 4.79 Å². The van der Waals surface area contributed by atoms with Crippen LogP contribution in [0.4, 0.5) is 0 Å². The molecule has 1 saturated heterocycles. The van der Waals surface area contributed by atoms with Crippen molar-refractivity contribution in [2.45, 2.75) is 58.9 Å². The Balaban J connectivity index is 2.32. The highest BCUT2D eigenvalue weighted by Gasteiger charge is 2.27. The molecule has 17 heavy (non-hydrogen) atoms. The molecule has 1 rings (SSSR count). The predicted octanol–water partition coefficient (Wildman–Crippen LogP) is 3.00. The van der Waals surface area contributed by atoms with E-state index < -0.39 is 5.97 Å². The number of likely N-dealkylation sites (tertiary alicyclic amines) is 1. The molecule has 0 amide bonds. The lowest BCUT2D eigenvalue weighted by molar-refractivity contribution is -0.144. The summed E-state index contributed by atoms with van der Waals surface area (Å²) in [7, 11) is 0. The second-order valence-corrected chi connectivity index (χ2v) is 5.71. The Bertz CT molecular complexity index is 232. The Labute approximate surface area is 105 Å². The molecule has 3 heteroatoms. The maximum absolute atomic E-state index is 11.1. The van der Waals surface area contributed by atoms with Gasteiger partial charge in [-0.25, -0.2) is 0 Å². The fraction of sp³-hybridized carbons (Fsp3) is 0.929. The molecule has 0 aromatic heterocycles. The summed E-state index contributed by atoms with van der Waals surface area (Å²) in [6.45, 7) is 8.43. The molecule has 1 heterocycles. The number of aliphatic carboxylic acids is 1. The number of carboxylic acids is 1. The Hall–Kier alpha value is -0.570. The molecule has 1 fully saturated rings. The third-order valence-electron chi connectivity index (χ3n) is 3.91. The van der Waals surface area contributed by atoms with E-state index in [0.29, 0.717) is 6.42 Å². The maximum Gasteiger partial charge on any atom is 0.320 e. The number of hydrogen-bond donors (Lipinski definition) is 1. The van der Waals surface area contributed by atoms with Crippen molar-refractivity contribution in [1.29, 1.82) is 0 Å². The normalized spacial score (nSPS) is 20.7. The summed E-state index contributed by atoms with van der Waals surface area (Å²) in [5.41, 5.74) is 0. The quantitative estimate of drug-likeness (QED) is 0.777. The first-order chi connectivity index (χ1) is 8.04. The number of rotatable bonds is 6. The first-order valence-electron chi connectivity index (χ1n) is 7.01. The van der Waals surface area contributed by atoms with Gasteiger partial charge in [-0.05, 0) is 44.2 Å². The monoisotopic (exact) mass is 241 g/mol. The fourth-order valence-corrected chi connectivity index (χ4v) is 2.71. The van der Waals surface area contributed by atoms with Gasteiger partial charge in [0.15, 0.2) is 0 Å². The van der Waals surface area contributed by atoms with Gasteiger partial charge in [-0.15, -0.1) is 0 Å². The van der Waals surface area contributed by atoms with E-state index in [1.807, 2.05) is 6.92 Å². The van der Waals surface area contributed by atoms with E-state index in [-0.39, 0.29) is 6.04 Å². The van der Waals surface area contributed by atoms with Crippen molar-refractivity contribution in [3.63, 3.8) is 0 Å². The van der Waals surface area contributed by atoms with Gasteiger partial charge in [0.05, 0.1) is 0 Å². The summed E-state index contributed by atoms with van der Waals surface area (Å²) in [5.74, 6) is 0.948. The lowest BCUT2D eigenvalue weighted by Gasteiger charge is -2.35. The molecule has 0 saturated carbocycles. The van der Waals surface area contributed by atoms with Gasteiger partial charge in [0.1, 0.15) is 6.04 Å². The zero-order valence-corrected chi connectivity index (χ0v) is 11.5. The molecule has 0 aromatic rings. The highest BCUT2D eigenvalue weighted by atomic mass is 16.4. The van der Waals surface area contributed by atoms with E-state index in [2.05, 4.69) is 18.7 Å². The van der Waals surface area contributed by atoms with Crippen LogP contribution in [0.5, 0.6) is 0 Å². The number of piperidine rings is 1. The van der Waals surface area contributed by atoms with Crippen molar-refractivity contribution in [3.8, 4) is 0 Å². The van der Waals surface area contributed by atoms with E-state index >= 15 is 0 Å². The first kappa shape index (κ1) is 14.5. The van der Waals surface area contributed by atoms with Gasteiger partial charge in [0.25, 0.3) is 0 Å². The Morgan fingerprint density at radius 3 is 2.35 bits per heavy atom. The second kappa shape index (κ2) is 7.00. The van der Waals surface area contributed by atoms with Crippen LogP contribution in [0.2, 0.25) is 0 Å². The summed E-state index contributed by atoms with van der Waals surface area (Å²) in [6, 6.07) is -0.263. The van der Waals surface area contributed by atoms with Crippen LogP contribution in [-0.4, -0.2) is 35.1 Å². The number of nitrogens with zero attached hydrogens (tertiary/aromatic N) is 1. The van der Waals surface area contributed by atoms with Gasteiger partial charge in [-0.2, -0.15) is 0 Å². The lowest BCUT2D eigenvalue weighted by atomic mass is 9.89. The first-order valence-corrected chi connectivity index (χ1v) is 7.01. The molecule has 3 nitrogen and oxygen atoms in total. The van der Waals surface area contributed by atoms with Crippen LogP contribution in [0.25, 0.3) is 0 Å². The molecule has 1 aliphatic rings. The Morgan fingerprint density at radius 1 is 1.35 bits per heavy atom. The molecule has 1 N–H and O–H groups in total. The van der Waals surface area contributed by atoms with Crippen LogP contribution in [0.15, 0.2) is 0 Å². The predicted molar refractivity (Wildman–Crippen MR) is 70.1 cm³/mol. The van der Waals surface area contributed by atoms with Crippen molar-refractivity contribution in [3.05, 3.63) is 0 Å². The maximum atomic E-state index is 11.1. The van der Waals surface area contributed by atoms with Crippen LogP contribution in [0, 0.1) is 11.8 Å². The molecule has 0 aromatic carbocycles. The van der Waals surface area contributed by atoms with Gasteiger partial charge in [-0.1, -0.05) is 33.6 Å². The molecule has 1 unspecified atom stereocenters. The average molecular weight is 241 g/mol. The van der Waals surface area contributed by atoms with Crippen LogP contribution < -0.4 is 0 Å². The summed E-state index contributed by atoms with van der Waals surface area (Å²) in [4.78, 5) is 13.2. The molecule has 0 bridgehead atoms. The summed E-state index contributed by atoms with van der Waals surface area (Å²) in [6.07, 6.45) is 5.69. The molecular weight excluding hydrogens is 214 g/mol. The lowest BCUT2D eigenvalue weighted by Crippen LogP contribution is -2.45. The zero-order valence-electron chi connectivity index (χ0n) is 11.5. The van der Waals surface area contributed by atoms with E-state index in [1.54, 1.807) is 0 Å². The minimum absolute atomic E-state index is 0.263. The summed E-state index contributed by atoms with van der Waals surface area (Å²) >= 11 is 0. The van der Waals surface area contributed by atoms with Crippen LogP contribution in [-0.2, 0) is 4.79 Å². The molecule has 100 valence electrons. The van der Waals surface area contributed by atoms with E-state index in [1.165, 1.54) is 25.7 Å². The molecule has 1 aliphatic heterocycles. The van der Waals surface area contributed by atoms with Crippen molar-refractivity contribution >= 4 is 5.97 Å². The third kappa shape index (κ3) is 4.66. The summed E-state index contributed by atoms with van der Waals surface area (Å²) in [5, 5.41) is 9.13. The van der Waals surface area contributed by atoms with Crippen LogP contribution >= 0.6 is 0 Å². The third-order valence-corrected chi connectivity index (χ3v) is 3.91.